The second-order valence-electron chi connectivity index (χ2n) is 4.43. The molecule has 1 saturated heterocycles. The second-order valence-corrected chi connectivity index (χ2v) is 4.43. The van der Waals surface area contributed by atoms with E-state index >= 15 is 0 Å². The minimum Gasteiger partial charge on any atom is -0.383 e. The van der Waals surface area contributed by atoms with Crippen LogP contribution in [0.4, 0.5) is 11.4 Å². The minimum absolute atomic E-state index is 0.0239. The zero-order valence-corrected chi connectivity index (χ0v) is 9.19. The summed E-state index contributed by atoms with van der Waals surface area (Å²) in [4.78, 5) is 23.3. The summed E-state index contributed by atoms with van der Waals surface area (Å²) < 4.78 is 0. The SMILES string of the molecule is O=C1CC2CNc3ccccc3NC(=O)C2N1. The van der Waals surface area contributed by atoms with Gasteiger partial charge >= 0.3 is 0 Å². The van der Waals surface area contributed by atoms with Gasteiger partial charge in [-0.1, -0.05) is 12.1 Å². The van der Waals surface area contributed by atoms with E-state index in [4.69, 9.17) is 0 Å². The first-order chi connectivity index (χ1) is 8.24. The molecule has 2 unspecified atom stereocenters. The van der Waals surface area contributed by atoms with Gasteiger partial charge < -0.3 is 16.0 Å². The molecule has 0 saturated carbocycles. The summed E-state index contributed by atoms with van der Waals surface area (Å²) in [6.45, 7) is 0.633. The van der Waals surface area contributed by atoms with Crippen molar-refractivity contribution < 1.29 is 9.59 Å². The first-order valence-electron chi connectivity index (χ1n) is 5.67. The Bertz CT molecular complexity index is 486. The molecule has 0 aromatic heterocycles. The maximum atomic E-state index is 12.0. The molecule has 0 spiro atoms. The fraction of sp³-hybridized carbons (Fsp3) is 0.333. The Morgan fingerprint density at radius 2 is 1.88 bits per heavy atom. The number of para-hydroxylation sites is 2. The van der Waals surface area contributed by atoms with Gasteiger partial charge in [0.2, 0.25) is 11.8 Å². The molecule has 2 heterocycles. The summed E-state index contributed by atoms with van der Waals surface area (Å²) in [6.07, 6.45) is 0.410. The minimum atomic E-state index is -0.414. The van der Waals surface area contributed by atoms with Crippen LogP contribution in [0.2, 0.25) is 0 Å². The molecule has 2 aliphatic heterocycles. The molecule has 0 aliphatic carbocycles. The molecule has 1 fully saturated rings. The summed E-state index contributed by atoms with van der Waals surface area (Å²) in [5, 5.41) is 8.82. The zero-order chi connectivity index (χ0) is 11.8. The lowest BCUT2D eigenvalue weighted by atomic mass is 9.98. The second kappa shape index (κ2) is 3.76. The third-order valence-electron chi connectivity index (χ3n) is 3.26. The lowest BCUT2D eigenvalue weighted by Crippen LogP contribution is -2.43. The Hall–Kier alpha value is -2.04. The molecule has 2 aliphatic rings. The number of benzene rings is 1. The quantitative estimate of drug-likeness (QED) is 0.611. The summed E-state index contributed by atoms with van der Waals surface area (Å²) in [5.74, 6) is -0.159. The van der Waals surface area contributed by atoms with Gasteiger partial charge in [-0.15, -0.1) is 0 Å². The Balaban J connectivity index is 1.93. The number of hydrogen-bond acceptors (Lipinski definition) is 3. The van der Waals surface area contributed by atoms with E-state index in [1.165, 1.54) is 0 Å². The van der Waals surface area contributed by atoms with Crippen LogP contribution in [0.3, 0.4) is 0 Å². The van der Waals surface area contributed by atoms with E-state index in [1.54, 1.807) is 0 Å². The van der Waals surface area contributed by atoms with Crippen LogP contribution in [-0.2, 0) is 9.59 Å². The Morgan fingerprint density at radius 1 is 1.12 bits per heavy atom. The fourth-order valence-electron chi connectivity index (χ4n) is 2.37. The first kappa shape index (κ1) is 10.1. The van der Waals surface area contributed by atoms with Crippen LogP contribution in [0.1, 0.15) is 6.42 Å². The fourth-order valence-corrected chi connectivity index (χ4v) is 2.37. The molecule has 88 valence electrons. The standard InChI is InChI=1S/C12H13N3O2/c16-10-5-7-6-13-8-3-1-2-4-9(8)14-12(17)11(7)15-10/h1-4,7,11,13H,5-6H2,(H,14,17)(H,15,16). The van der Waals surface area contributed by atoms with Gasteiger partial charge in [-0.2, -0.15) is 0 Å². The number of carbonyl (C=O) groups excluding carboxylic acids is 2. The Morgan fingerprint density at radius 3 is 2.71 bits per heavy atom. The molecule has 2 atom stereocenters. The topological polar surface area (TPSA) is 70.2 Å². The van der Waals surface area contributed by atoms with Gasteiger partial charge in [0.05, 0.1) is 11.4 Å². The summed E-state index contributed by atoms with van der Waals surface area (Å²) in [6, 6.07) is 7.13. The average Bonchev–Trinajstić information content (AvgIpc) is 2.67. The molecule has 3 N–H and O–H groups in total. The summed E-state index contributed by atoms with van der Waals surface area (Å²) >= 11 is 0. The smallest absolute Gasteiger partial charge is 0.247 e. The van der Waals surface area contributed by atoms with E-state index in [0.29, 0.717) is 13.0 Å². The van der Waals surface area contributed by atoms with Crippen molar-refractivity contribution in [3.63, 3.8) is 0 Å². The number of rotatable bonds is 0. The van der Waals surface area contributed by atoms with Crippen molar-refractivity contribution in [2.45, 2.75) is 12.5 Å². The summed E-state index contributed by atoms with van der Waals surface area (Å²) in [7, 11) is 0. The van der Waals surface area contributed by atoms with Crippen molar-refractivity contribution in [3.05, 3.63) is 24.3 Å². The molecule has 17 heavy (non-hydrogen) atoms. The molecular weight excluding hydrogens is 218 g/mol. The number of amides is 2. The molecule has 0 radical (unpaired) electrons. The average molecular weight is 231 g/mol. The van der Waals surface area contributed by atoms with Gasteiger partial charge in [0.15, 0.2) is 0 Å². The number of hydrogen-bond donors (Lipinski definition) is 3. The van der Waals surface area contributed by atoms with Crippen LogP contribution in [0.5, 0.6) is 0 Å². The molecule has 0 bridgehead atoms. The van der Waals surface area contributed by atoms with Gasteiger partial charge in [-0.25, -0.2) is 0 Å². The van der Waals surface area contributed by atoms with E-state index in [0.717, 1.165) is 11.4 Å². The molecule has 3 rings (SSSR count). The lowest BCUT2D eigenvalue weighted by Gasteiger charge is -2.24. The Labute approximate surface area is 98.6 Å². The van der Waals surface area contributed by atoms with Gasteiger partial charge in [0.25, 0.3) is 0 Å². The highest BCUT2D eigenvalue weighted by Gasteiger charge is 2.38. The van der Waals surface area contributed by atoms with E-state index in [9.17, 15) is 9.59 Å². The normalized spacial score (nSPS) is 26.8. The van der Waals surface area contributed by atoms with E-state index in [2.05, 4.69) is 16.0 Å². The van der Waals surface area contributed by atoms with E-state index in [1.807, 2.05) is 24.3 Å². The highest BCUT2D eigenvalue weighted by molar-refractivity contribution is 6.01. The van der Waals surface area contributed by atoms with Crippen molar-refractivity contribution in [1.29, 1.82) is 0 Å². The van der Waals surface area contributed by atoms with Gasteiger partial charge in [0, 0.05) is 18.9 Å². The van der Waals surface area contributed by atoms with Crippen LogP contribution in [-0.4, -0.2) is 24.4 Å². The lowest BCUT2D eigenvalue weighted by molar-refractivity contribution is -0.123. The predicted octanol–water partition coefficient (Wildman–Crippen LogP) is 0.555. The molecule has 5 nitrogen and oxygen atoms in total. The van der Waals surface area contributed by atoms with Crippen LogP contribution in [0.25, 0.3) is 0 Å². The van der Waals surface area contributed by atoms with Crippen molar-refractivity contribution in [2.24, 2.45) is 5.92 Å². The number of nitrogens with one attached hydrogen (secondary N) is 3. The van der Waals surface area contributed by atoms with Gasteiger partial charge in [-0.05, 0) is 12.1 Å². The Kier molecular flexibility index (Phi) is 2.24. The van der Waals surface area contributed by atoms with Gasteiger partial charge in [-0.3, -0.25) is 9.59 Å². The van der Waals surface area contributed by atoms with Crippen LogP contribution >= 0.6 is 0 Å². The van der Waals surface area contributed by atoms with Crippen molar-refractivity contribution in [2.75, 3.05) is 17.2 Å². The van der Waals surface area contributed by atoms with Gasteiger partial charge in [0.1, 0.15) is 6.04 Å². The van der Waals surface area contributed by atoms with Crippen LogP contribution < -0.4 is 16.0 Å². The summed E-state index contributed by atoms with van der Waals surface area (Å²) in [5.41, 5.74) is 1.66. The van der Waals surface area contributed by atoms with E-state index < -0.39 is 6.04 Å². The third kappa shape index (κ3) is 1.73. The largest absolute Gasteiger partial charge is 0.383 e. The molecule has 5 heteroatoms. The van der Waals surface area contributed by atoms with Crippen molar-refractivity contribution in [1.82, 2.24) is 5.32 Å². The maximum absolute atomic E-state index is 12.0. The zero-order valence-electron chi connectivity index (χ0n) is 9.19. The molecule has 2 amide bonds. The van der Waals surface area contributed by atoms with E-state index in [-0.39, 0.29) is 17.7 Å². The van der Waals surface area contributed by atoms with Crippen molar-refractivity contribution in [3.8, 4) is 0 Å². The van der Waals surface area contributed by atoms with Crippen molar-refractivity contribution >= 4 is 23.2 Å². The van der Waals surface area contributed by atoms with Crippen LogP contribution in [0, 0.1) is 5.92 Å². The predicted molar refractivity (Wildman–Crippen MR) is 63.6 cm³/mol. The highest BCUT2D eigenvalue weighted by Crippen LogP contribution is 2.27. The third-order valence-corrected chi connectivity index (χ3v) is 3.26. The maximum Gasteiger partial charge on any atom is 0.247 e. The van der Waals surface area contributed by atoms with Crippen LogP contribution in [0.15, 0.2) is 24.3 Å². The molecule has 1 aromatic carbocycles. The first-order valence-corrected chi connectivity index (χ1v) is 5.67. The molecular formula is C12H13N3O2. The molecule has 1 aromatic rings. The monoisotopic (exact) mass is 231 g/mol. The number of anilines is 2. The highest BCUT2D eigenvalue weighted by atomic mass is 16.2. The number of fused-ring (bicyclic) bond motifs is 2. The number of carbonyl (C=O) groups is 2.